The van der Waals surface area contributed by atoms with Crippen molar-refractivity contribution in [2.75, 3.05) is 20.0 Å². The van der Waals surface area contributed by atoms with Crippen LogP contribution in [0, 0.1) is 0 Å². The number of benzene rings is 1. The summed E-state index contributed by atoms with van der Waals surface area (Å²) in [6.45, 7) is 2.15. The van der Waals surface area contributed by atoms with E-state index in [-0.39, 0.29) is 16.5 Å². The van der Waals surface area contributed by atoms with Crippen LogP contribution >= 0.6 is 0 Å². The minimum absolute atomic E-state index is 0.0344. The average molecular weight is 271 g/mol. The first-order chi connectivity index (χ1) is 8.36. The van der Waals surface area contributed by atoms with Gasteiger partial charge >= 0.3 is 0 Å². The molecule has 1 atom stereocenters. The molecule has 100 valence electrons. The Morgan fingerprint density at radius 1 is 1.39 bits per heavy atom. The van der Waals surface area contributed by atoms with E-state index in [1.165, 1.54) is 19.2 Å². The van der Waals surface area contributed by atoms with Crippen molar-refractivity contribution in [3.8, 4) is 0 Å². The van der Waals surface area contributed by atoms with Crippen LogP contribution in [0.3, 0.4) is 0 Å². The molecule has 5 nitrogen and oxygen atoms in total. The van der Waals surface area contributed by atoms with Gasteiger partial charge in [0.1, 0.15) is 0 Å². The predicted octanol–water partition coefficient (Wildman–Crippen LogP) is 0.855. The molecular weight excluding hydrogens is 254 g/mol. The highest BCUT2D eigenvalue weighted by Gasteiger charge is 2.19. The zero-order valence-corrected chi connectivity index (χ0v) is 11.5. The van der Waals surface area contributed by atoms with Gasteiger partial charge in [-0.3, -0.25) is 4.79 Å². The van der Waals surface area contributed by atoms with Crippen LogP contribution in [0.25, 0.3) is 0 Å². The van der Waals surface area contributed by atoms with Gasteiger partial charge in [0.25, 0.3) is 5.91 Å². The quantitative estimate of drug-likeness (QED) is 0.862. The van der Waals surface area contributed by atoms with Crippen LogP contribution in [-0.4, -0.2) is 40.3 Å². The fraction of sp³-hybridized carbons (Fsp3) is 0.417. The molecule has 0 spiro atoms. The predicted molar refractivity (Wildman–Crippen MR) is 68.4 cm³/mol. The third-order valence-electron chi connectivity index (χ3n) is 2.33. The molecule has 1 aromatic rings. The molecule has 0 aliphatic heterocycles. The van der Waals surface area contributed by atoms with E-state index < -0.39 is 15.7 Å². The molecule has 0 fully saturated rings. The van der Waals surface area contributed by atoms with Crippen molar-refractivity contribution in [3.63, 3.8) is 0 Å². The lowest BCUT2D eigenvalue weighted by Gasteiger charge is -2.14. The van der Waals surface area contributed by atoms with Crippen molar-refractivity contribution < 1.29 is 17.9 Å². The molecule has 1 N–H and O–H groups in total. The molecule has 0 aliphatic rings. The summed E-state index contributed by atoms with van der Waals surface area (Å²) in [5, 5.41) is 2.68. The number of carbonyl (C=O) groups excluding carboxylic acids is 1. The Kier molecular flexibility index (Phi) is 4.86. The number of nitrogens with one attached hydrogen (secondary N) is 1. The summed E-state index contributed by atoms with van der Waals surface area (Å²) < 4.78 is 28.0. The number of carbonyl (C=O) groups is 1. The van der Waals surface area contributed by atoms with E-state index in [4.69, 9.17) is 4.74 Å². The first-order valence-electron chi connectivity index (χ1n) is 5.45. The number of hydrogen-bond donors (Lipinski definition) is 1. The summed E-state index contributed by atoms with van der Waals surface area (Å²) in [5.74, 6) is -0.416. The zero-order chi connectivity index (χ0) is 13.8. The number of sulfone groups is 1. The SMILES string of the molecule is COC[C@H](C)NC(=O)c1ccccc1S(C)(=O)=O. The Bertz CT molecular complexity index is 525. The minimum atomic E-state index is -3.42. The van der Waals surface area contributed by atoms with Gasteiger partial charge in [-0.1, -0.05) is 12.1 Å². The maximum absolute atomic E-state index is 12.0. The topological polar surface area (TPSA) is 72.5 Å². The van der Waals surface area contributed by atoms with Crippen LogP contribution < -0.4 is 5.32 Å². The van der Waals surface area contributed by atoms with Gasteiger partial charge in [-0.05, 0) is 19.1 Å². The van der Waals surface area contributed by atoms with Gasteiger partial charge in [-0.15, -0.1) is 0 Å². The van der Waals surface area contributed by atoms with Gasteiger partial charge < -0.3 is 10.1 Å². The standard InChI is InChI=1S/C12H17NO4S/c1-9(8-17-2)13-12(14)10-6-4-5-7-11(10)18(3,15)16/h4-7,9H,8H2,1-3H3,(H,13,14)/t9-/m0/s1. The van der Waals surface area contributed by atoms with E-state index in [1.807, 2.05) is 0 Å². The first kappa shape index (κ1) is 14.7. The van der Waals surface area contributed by atoms with E-state index in [0.29, 0.717) is 6.61 Å². The van der Waals surface area contributed by atoms with Gasteiger partial charge in [-0.25, -0.2) is 8.42 Å². The van der Waals surface area contributed by atoms with Gasteiger partial charge in [0, 0.05) is 19.4 Å². The lowest BCUT2D eigenvalue weighted by Crippen LogP contribution is -2.36. The number of ether oxygens (including phenoxy) is 1. The van der Waals surface area contributed by atoms with E-state index >= 15 is 0 Å². The Morgan fingerprint density at radius 3 is 2.56 bits per heavy atom. The average Bonchev–Trinajstić information content (AvgIpc) is 2.28. The molecule has 0 aliphatic carbocycles. The molecule has 6 heteroatoms. The summed E-state index contributed by atoms with van der Waals surface area (Å²) in [7, 11) is -1.88. The largest absolute Gasteiger partial charge is 0.383 e. The third-order valence-corrected chi connectivity index (χ3v) is 3.48. The molecule has 0 unspecified atom stereocenters. The third kappa shape index (κ3) is 3.82. The summed E-state index contributed by atoms with van der Waals surface area (Å²) in [5.41, 5.74) is 0.156. The van der Waals surface area contributed by atoms with E-state index in [9.17, 15) is 13.2 Å². The number of rotatable bonds is 5. The normalized spacial score (nSPS) is 13.1. The Hall–Kier alpha value is -1.40. The fourth-order valence-corrected chi connectivity index (χ4v) is 2.46. The summed E-state index contributed by atoms with van der Waals surface area (Å²) in [4.78, 5) is 12.0. The lowest BCUT2D eigenvalue weighted by molar-refractivity contribution is 0.0902. The van der Waals surface area contributed by atoms with Crippen LogP contribution in [0.15, 0.2) is 29.2 Å². The molecule has 0 heterocycles. The van der Waals surface area contributed by atoms with Crippen LogP contribution in [0.1, 0.15) is 17.3 Å². The van der Waals surface area contributed by atoms with Crippen molar-refractivity contribution in [2.24, 2.45) is 0 Å². The number of amides is 1. The molecule has 1 rings (SSSR count). The molecular formula is C12H17NO4S. The highest BCUT2D eigenvalue weighted by molar-refractivity contribution is 7.90. The molecule has 1 amide bonds. The molecule has 1 aromatic carbocycles. The van der Waals surface area contributed by atoms with E-state index in [0.717, 1.165) is 6.26 Å². The van der Waals surface area contributed by atoms with Crippen LogP contribution in [-0.2, 0) is 14.6 Å². The van der Waals surface area contributed by atoms with Crippen molar-refractivity contribution in [1.82, 2.24) is 5.32 Å². The minimum Gasteiger partial charge on any atom is -0.383 e. The van der Waals surface area contributed by atoms with Gasteiger partial charge in [0.2, 0.25) is 0 Å². The molecule has 0 saturated heterocycles. The molecule has 0 bridgehead atoms. The molecule has 0 saturated carbocycles. The Balaban J connectivity index is 3.00. The smallest absolute Gasteiger partial charge is 0.252 e. The van der Waals surface area contributed by atoms with Crippen LogP contribution in [0.5, 0.6) is 0 Å². The second-order valence-corrected chi connectivity index (χ2v) is 6.08. The van der Waals surface area contributed by atoms with Crippen LogP contribution in [0.2, 0.25) is 0 Å². The second-order valence-electron chi connectivity index (χ2n) is 4.10. The summed E-state index contributed by atoms with van der Waals surface area (Å²) in [6.07, 6.45) is 1.08. The Labute approximate surface area is 107 Å². The monoisotopic (exact) mass is 271 g/mol. The van der Waals surface area contributed by atoms with Crippen molar-refractivity contribution in [2.45, 2.75) is 17.9 Å². The van der Waals surface area contributed by atoms with Crippen molar-refractivity contribution >= 4 is 15.7 Å². The van der Waals surface area contributed by atoms with Crippen molar-refractivity contribution in [1.29, 1.82) is 0 Å². The Morgan fingerprint density at radius 2 is 2.00 bits per heavy atom. The van der Waals surface area contributed by atoms with Gasteiger partial charge in [0.15, 0.2) is 9.84 Å². The van der Waals surface area contributed by atoms with Gasteiger partial charge in [-0.2, -0.15) is 0 Å². The maximum atomic E-state index is 12.0. The number of methoxy groups -OCH3 is 1. The van der Waals surface area contributed by atoms with Gasteiger partial charge in [0.05, 0.1) is 17.1 Å². The lowest BCUT2D eigenvalue weighted by atomic mass is 10.2. The zero-order valence-electron chi connectivity index (χ0n) is 10.6. The summed E-state index contributed by atoms with van der Waals surface area (Å²) >= 11 is 0. The fourth-order valence-electron chi connectivity index (χ4n) is 1.57. The molecule has 0 radical (unpaired) electrons. The number of hydrogen-bond acceptors (Lipinski definition) is 4. The second kappa shape index (κ2) is 5.97. The maximum Gasteiger partial charge on any atom is 0.252 e. The highest BCUT2D eigenvalue weighted by atomic mass is 32.2. The molecule has 0 aromatic heterocycles. The van der Waals surface area contributed by atoms with E-state index in [1.54, 1.807) is 19.1 Å². The van der Waals surface area contributed by atoms with Crippen molar-refractivity contribution in [3.05, 3.63) is 29.8 Å². The molecule has 18 heavy (non-hydrogen) atoms. The first-order valence-corrected chi connectivity index (χ1v) is 7.34. The highest BCUT2D eigenvalue weighted by Crippen LogP contribution is 2.15. The summed E-state index contributed by atoms with van der Waals surface area (Å²) in [6, 6.07) is 5.95. The van der Waals surface area contributed by atoms with Crippen LogP contribution in [0.4, 0.5) is 0 Å². The van der Waals surface area contributed by atoms with E-state index in [2.05, 4.69) is 5.32 Å².